The van der Waals surface area contributed by atoms with Crippen LogP contribution in [0.1, 0.15) is 10.4 Å². The highest BCUT2D eigenvalue weighted by Crippen LogP contribution is 2.18. The molecular formula is C13H9N3O. The summed E-state index contributed by atoms with van der Waals surface area (Å²) in [5, 5.41) is 1.84. The van der Waals surface area contributed by atoms with Gasteiger partial charge in [0.2, 0.25) is 5.91 Å². The standard InChI is InChI=1S/C13H9N3O/c14-12(17)10-6-9-5-8-3-1-2-4-11(8)16-13(9)15-7-10/h1-7H,(H2,14,17). The van der Waals surface area contributed by atoms with Crippen LogP contribution in [-0.2, 0) is 0 Å². The molecule has 82 valence electrons. The molecule has 0 saturated carbocycles. The third-order valence-corrected chi connectivity index (χ3v) is 2.65. The molecule has 17 heavy (non-hydrogen) atoms. The molecule has 3 aromatic rings. The minimum absolute atomic E-state index is 0.398. The van der Waals surface area contributed by atoms with Crippen LogP contribution in [0.15, 0.2) is 42.6 Å². The lowest BCUT2D eigenvalue weighted by Crippen LogP contribution is -2.11. The summed E-state index contributed by atoms with van der Waals surface area (Å²) in [5.41, 5.74) is 7.12. The van der Waals surface area contributed by atoms with Gasteiger partial charge in [0.05, 0.1) is 11.1 Å². The molecule has 0 unspecified atom stereocenters. The molecule has 0 aliphatic carbocycles. The molecule has 2 N–H and O–H groups in total. The molecule has 0 bridgehead atoms. The van der Waals surface area contributed by atoms with Crippen LogP contribution in [0.2, 0.25) is 0 Å². The van der Waals surface area contributed by atoms with Crippen molar-refractivity contribution in [1.82, 2.24) is 9.97 Å². The minimum atomic E-state index is -0.479. The zero-order valence-electron chi connectivity index (χ0n) is 8.92. The number of rotatable bonds is 1. The summed E-state index contributed by atoms with van der Waals surface area (Å²) >= 11 is 0. The van der Waals surface area contributed by atoms with Crippen molar-refractivity contribution in [1.29, 1.82) is 0 Å². The van der Waals surface area contributed by atoms with Gasteiger partial charge in [-0.3, -0.25) is 4.79 Å². The van der Waals surface area contributed by atoms with Crippen molar-refractivity contribution in [3.8, 4) is 0 Å². The highest BCUT2D eigenvalue weighted by molar-refractivity contribution is 5.98. The van der Waals surface area contributed by atoms with Gasteiger partial charge in [0.1, 0.15) is 0 Å². The van der Waals surface area contributed by atoms with E-state index in [1.54, 1.807) is 6.07 Å². The Hall–Kier alpha value is -2.49. The molecule has 0 radical (unpaired) electrons. The summed E-state index contributed by atoms with van der Waals surface area (Å²) in [7, 11) is 0. The van der Waals surface area contributed by atoms with Crippen LogP contribution in [0, 0.1) is 0 Å². The number of nitrogens with zero attached hydrogens (tertiary/aromatic N) is 2. The summed E-state index contributed by atoms with van der Waals surface area (Å²) in [6, 6.07) is 11.4. The van der Waals surface area contributed by atoms with Gasteiger partial charge in [-0.2, -0.15) is 0 Å². The van der Waals surface area contributed by atoms with E-state index in [1.807, 2.05) is 30.3 Å². The summed E-state index contributed by atoms with van der Waals surface area (Å²) in [4.78, 5) is 19.6. The smallest absolute Gasteiger partial charge is 0.250 e. The van der Waals surface area contributed by atoms with Crippen LogP contribution in [0.25, 0.3) is 21.9 Å². The Morgan fingerprint density at radius 3 is 2.76 bits per heavy atom. The van der Waals surface area contributed by atoms with Crippen LogP contribution in [0.3, 0.4) is 0 Å². The van der Waals surface area contributed by atoms with Crippen molar-refractivity contribution in [3.63, 3.8) is 0 Å². The average molecular weight is 223 g/mol. The molecule has 0 aliphatic heterocycles. The minimum Gasteiger partial charge on any atom is -0.366 e. The van der Waals surface area contributed by atoms with Gasteiger partial charge in [-0.15, -0.1) is 0 Å². The highest BCUT2D eigenvalue weighted by atomic mass is 16.1. The quantitative estimate of drug-likeness (QED) is 0.640. The fourth-order valence-electron chi connectivity index (χ4n) is 1.80. The zero-order valence-corrected chi connectivity index (χ0v) is 8.92. The number of hydrogen-bond donors (Lipinski definition) is 1. The van der Waals surface area contributed by atoms with Crippen LogP contribution >= 0.6 is 0 Å². The lowest BCUT2D eigenvalue weighted by atomic mass is 10.1. The number of nitrogens with two attached hydrogens (primary N) is 1. The Kier molecular flexibility index (Phi) is 2.01. The van der Waals surface area contributed by atoms with Crippen molar-refractivity contribution >= 4 is 27.8 Å². The van der Waals surface area contributed by atoms with E-state index in [2.05, 4.69) is 9.97 Å². The van der Waals surface area contributed by atoms with Crippen LogP contribution < -0.4 is 5.73 Å². The van der Waals surface area contributed by atoms with Crippen molar-refractivity contribution in [2.24, 2.45) is 5.73 Å². The monoisotopic (exact) mass is 223 g/mol. The van der Waals surface area contributed by atoms with Crippen molar-refractivity contribution < 1.29 is 4.79 Å². The first-order valence-electron chi connectivity index (χ1n) is 5.19. The normalized spacial score (nSPS) is 10.8. The van der Waals surface area contributed by atoms with Gasteiger partial charge in [-0.05, 0) is 18.2 Å². The third kappa shape index (κ3) is 1.59. The molecule has 4 nitrogen and oxygen atoms in total. The second kappa shape index (κ2) is 3.52. The molecule has 0 aliphatic rings. The number of pyridine rings is 2. The molecular weight excluding hydrogens is 214 g/mol. The van der Waals surface area contributed by atoms with Crippen molar-refractivity contribution in [2.75, 3.05) is 0 Å². The van der Waals surface area contributed by atoms with Gasteiger partial charge in [0.25, 0.3) is 0 Å². The largest absolute Gasteiger partial charge is 0.366 e. The molecule has 2 aromatic heterocycles. The number of amides is 1. The first-order chi connectivity index (χ1) is 8.24. The van der Waals surface area contributed by atoms with E-state index >= 15 is 0 Å². The first-order valence-corrected chi connectivity index (χ1v) is 5.19. The number of carbonyl (C=O) groups excluding carboxylic acids is 1. The van der Waals surface area contributed by atoms with E-state index in [1.165, 1.54) is 6.20 Å². The van der Waals surface area contributed by atoms with Gasteiger partial charge in [0, 0.05) is 17.0 Å². The highest BCUT2D eigenvalue weighted by Gasteiger charge is 2.05. The zero-order chi connectivity index (χ0) is 11.8. The SMILES string of the molecule is NC(=O)c1cnc2nc3ccccc3cc2c1. The Labute approximate surface area is 97.1 Å². The van der Waals surface area contributed by atoms with Crippen LogP contribution in [-0.4, -0.2) is 15.9 Å². The van der Waals surface area contributed by atoms with E-state index in [9.17, 15) is 4.79 Å². The summed E-state index contributed by atoms with van der Waals surface area (Å²) < 4.78 is 0. The summed E-state index contributed by atoms with van der Waals surface area (Å²) in [6.07, 6.45) is 1.45. The van der Waals surface area contributed by atoms with E-state index in [0.29, 0.717) is 11.2 Å². The fraction of sp³-hybridized carbons (Fsp3) is 0. The van der Waals surface area contributed by atoms with Gasteiger partial charge in [-0.1, -0.05) is 18.2 Å². The maximum atomic E-state index is 11.1. The van der Waals surface area contributed by atoms with Crippen molar-refractivity contribution in [2.45, 2.75) is 0 Å². The topological polar surface area (TPSA) is 68.9 Å². The van der Waals surface area contributed by atoms with E-state index in [0.717, 1.165) is 16.3 Å². The van der Waals surface area contributed by atoms with E-state index in [4.69, 9.17) is 5.73 Å². The molecule has 2 heterocycles. The number of fused-ring (bicyclic) bond motifs is 2. The Balaban J connectivity index is 2.36. The van der Waals surface area contributed by atoms with E-state index < -0.39 is 5.91 Å². The fourth-order valence-corrected chi connectivity index (χ4v) is 1.80. The number of hydrogen-bond acceptors (Lipinski definition) is 3. The second-order valence-corrected chi connectivity index (χ2v) is 3.82. The van der Waals surface area contributed by atoms with Gasteiger partial charge in [0.15, 0.2) is 5.65 Å². The molecule has 1 amide bonds. The first kappa shape index (κ1) is 9.72. The van der Waals surface area contributed by atoms with Crippen LogP contribution in [0.4, 0.5) is 0 Å². The molecule has 1 aromatic carbocycles. The van der Waals surface area contributed by atoms with Gasteiger partial charge in [-0.25, -0.2) is 9.97 Å². The van der Waals surface area contributed by atoms with Gasteiger partial charge >= 0.3 is 0 Å². The number of carbonyl (C=O) groups is 1. The third-order valence-electron chi connectivity index (χ3n) is 2.65. The molecule has 4 heteroatoms. The maximum absolute atomic E-state index is 11.1. The van der Waals surface area contributed by atoms with E-state index in [-0.39, 0.29) is 0 Å². The number of benzene rings is 1. The predicted molar refractivity (Wildman–Crippen MR) is 65.6 cm³/mol. The van der Waals surface area contributed by atoms with Crippen molar-refractivity contribution in [3.05, 3.63) is 48.2 Å². The number of para-hydroxylation sites is 1. The Morgan fingerprint density at radius 2 is 1.94 bits per heavy atom. The molecule has 0 saturated heterocycles. The maximum Gasteiger partial charge on any atom is 0.250 e. The van der Waals surface area contributed by atoms with Gasteiger partial charge < -0.3 is 5.73 Å². The molecule has 3 rings (SSSR count). The average Bonchev–Trinajstić information content (AvgIpc) is 2.35. The van der Waals surface area contributed by atoms with Crippen LogP contribution in [0.5, 0.6) is 0 Å². The Bertz CT molecular complexity index is 737. The summed E-state index contributed by atoms with van der Waals surface area (Å²) in [5.74, 6) is -0.479. The summed E-state index contributed by atoms with van der Waals surface area (Å²) in [6.45, 7) is 0. The lowest BCUT2D eigenvalue weighted by molar-refractivity contribution is 0.1000. The number of aromatic nitrogens is 2. The lowest BCUT2D eigenvalue weighted by Gasteiger charge is -2.01. The number of primary amides is 1. The predicted octanol–water partition coefficient (Wildman–Crippen LogP) is 1.88. The molecule has 0 fully saturated rings. The molecule has 0 spiro atoms. The Morgan fingerprint density at radius 1 is 1.12 bits per heavy atom. The second-order valence-electron chi connectivity index (χ2n) is 3.82. The molecule has 0 atom stereocenters.